The number of carbonyl (C=O) groups excluding carboxylic acids is 3. The van der Waals surface area contributed by atoms with Crippen LogP contribution in [0.3, 0.4) is 0 Å². The van der Waals surface area contributed by atoms with Gasteiger partial charge in [0.1, 0.15) is 12.3 Å². The van der Waals surface area contributed by atoms with Gasteiger partial charge in [0.2, 0.25) is 5.91 Å². The molecule has 1 aromatic carbocycles. The zero-order valence-electron chi connectivity index (χ0n) is 15.1. The van der Waals surface area contributed by atoms with E-state index in [0.717, 1.165) is 16.3 Å². The summed E-state index contributed by atoms with van der Waals surface area (Å²) in [5.74, 6) is -0.404. The third kappa shape index (κ3) is 5.44. The van der Waals surface area contributed by atoms with Crippen LogP contribution >= 0.6 is 15.9 Å². The molecule has 1 heterocycles. The van der Waals surface area contributed by atoms with Crippen LogP contribution in [0.4, 0.5) is 0 Å². The molecule has 0 saturated heterocycles. The summed E-state index contributed by atoms with van der Waals surface area (Å²) in [6, 6.07) is 4.83. The Morgan fingerprint density at radius 2 is 1.96 bits per heavy atom. The molecule has 1 unspecified atom stereocenters. The Morgan fingerprint density at radius 1 is 1.33 bits per heavy atom. The molecule has 0 bridgehead atoms. The van der Waals surface area contributed by atoms with Crippen LogP contribution in [0.2, 0.25) is 0 Å². The Morgan fingerprint density at radius 3 is 2.50 bits per heavy atom. The van der Waals surface area contributed by atoms with Gasteiger partial charge in [0.25, 0.3) is 5.91 Å². The van der Waals surface area contributed by atoms with Gasteiger partial charge in [0.05, 0.1) is 0 Å². The van der Waals surface area contributed by atoms with Crippen molar-refractivity contribution in [3.63, 3.8) is 0 Å². The fourth-order valence-electron chi connectivity index (χ4n) is 2.38. The Balaban J connectivity index is 0.00000123. The Labute approximate surface area is 152 Å². The zero-order valence-corrected chi connectivity index (χ0v) is 16.6. The van der Waals surface area contributed by atoms with E-state index in [2.05, 4.69) is 21.2 Å². The summed E-state index contributed by atoms with van der Waals surface area (Å²) in [6.45, 7) is 8.39. The van der Waals surface area contributed by atoms with Gasteiger partial charge in [0.15, 0.2) is 0 Å². The summed E-state index contributed by atoms with van der Waals surface area (Å²) >= 11 is 3.37. The van der Waals surface area contributed by atoms with Crippen LogP contribution in [-0.2, 0) is 16.1 Å². The highest BCUT2D eigenvalue weighted by Gasteiger charge is 2.35. The normalized spacial score (nSPS) is 12.9. The Kier molecular flexibility index (Phi) is 11.0. The van der Waals surface area contributed by atoms with Crippen molar-refractivity contribution in [1.29, 1.82) is 0 Å². The minimum absolute atomic E-state index is 0.160. The average Bonchev–Trinajstić information content (AvgIpc) is 2.94. The third-order valence-corrected chi connectivity index (χ3v) is 3.88. The maximum atomic E-state index is 12.4. The fourth-order valence-corrected chi connectivity index (χ4v) is 2.79. The number of amides is 2. The zero-order chi connectivity index (χ0) is 18.7. The number of aldehydes is 1. The summed E-state index contributed by atoms with van der Waals surface area (Å²) < 4.78 is 0.898. The smallest absolute Gasteiger partial charge is 0.255 e. The number of halogens is 1. The van der Waals surface area contributed by atoms with Crippen LogP contribution in [0.5, 0.6) is 0 Å². The van der Waals surface area contributed by atoms with Crippen molar-refractivity contribution in [1.82, 2.24) is 10.2 Å². The van der Waals surface area contributed by atoms with Gasteiger partial charge in [-0.2, -0.15) is 0 Å². The maximum absolute atomic E-state index is 12.4. The van der Waals surface area contributed by atoms with E-state index < -0.39 is 6.04 Å². The molecule has 1 aromatic rings. The van der Waals surface area contributed by atoms with Gasteiger partial charge in [-0.1, -0.05) is 43.6 Å². The lowest BCUT2D eigenvalue weighted by atomic mass is 10.1. The van der Waals surface area contributed by atoms with Gasteiger partial charge in [-0.25, -0.2) is 0 Å². The number of rotatable bonds is 5. The molecular weight excluding hydrogens is 372 g/mol. The number of hydrogen-bond donors (Lipinski definition) is 1. The highest BCUT2D eigenvalue weighted by Crippen LogP contribution is 2.28. The van der Waals surface area contributed by atoms with E-state index in [0.29, 0.717) is 18.5 Å². The van der Waals surface area contributed by atoms with Crippen LogP contribution in [0.15, 0.2) is 22.7 Å². The first kappa shape index (κ1) is 22.3. The van der Waals surface area contributed by atoms with E-state index in [1.54, 1.807) is 12.1 Å². The van der Waals surface area contributed by atoms with Crippen LogP contribution in [0, 0.1) is 0 Å². The number of likely N-dealkylation sites (N-methyl/N-ethyl adjacent to an activating group) is 1. The predicted octanol–water partition coefficient (Wildman–Crippen LogP) is 3.55. The van der Waals surface area contributed by atoms with E-state index in [1.807, 2.05) is 33.8 Å². The number of carbonyl (C=O) groups is 3. The van der Waals surface area contributed by atoms with E-state index >= 15 is 0 Å². The molecule has 1 atom stereocenters. The molecule has 0 radical (unpaired) electrons. The highest BCUT2D eigenvalue weighted by atomic mass is 79.9. The lowest BCUT2D eigenvalue weighted by molar-refractivity contribution is -0.125. The molecule has 0 aliphatic carbocycles. The van der Waals surface area contributed by atoms with Gasteiger partial charge in [0, 0.05) is 30.0 Å². The monoisotopic (exact) mass is 398 g/mol. The summed E-state index contributed by atoms with van der Waals surface area (Å²) in [5.41, 5.74) is 1.51. The van der Waals surface area contributed by atoms with Gasteiger partial charge < -0.3 is 15.0 Å². The third-order valence-electron chi connectivity index (χ3n) is 3.38. The molecule has 0 aromatic heterocycles. The first-order valence-corrected chi connectivity index (χ1v) is 9.12. The van der Waals surface area contributed by atoms with E-state index in [9.17, 15) is 14.4 Å². The Hall–Kier alpha value is -1.69. The quantitative estimate of drug-likeness (QED) is 0.771. The molecule has 1 aliphatic heterocycles. The predicted molar refractivity (Wildman–Crippen MR) is 99.9 cm³/mol. The highest BCUT2D eigenvalue weighted by molar-refractivity contribution is 9.10. The molecule has 0 fully saturated rings. The maximum Gasteiger partial charge on any atom is 0.255 e. The second kappa shape index (κ2) is 11.8. The molecule has 134 valence electrons. The molecular formula is C18H27BrN2O3. The second-order valence-corrected chi connectivity index (χ2v) is 5.52. The van der Waals surface area contributed by atoms with E-state index in [4.69, 9.17) is 0 Å². The molecule has 0 saturated carbocycles. The van der Waals surface area contributed by atoms with Crippen molar-refractivity contribution in [3.8, 4) is 0 Å². The standard InChI is InChI=1S/C14H15BrN2O3.2C2H6/c1-16-13(19)12(3-2-6-18)17-8-9-7-10(15)4-5-11(9)14(17)20;2*1-2/h4-7,12H,2-3,8H2,1H3,(H,16,19);2*1-2H3. The van der Waals surface area contributed by atoms with Gasteiger partial charge in [-0.05, 0) is 30.2 Å². The van der Waals surface area contributed by atoms with Crippen LogP contribution < -0.4 is 5.32 Å². The first-order chi connectivity index (χ1) is 11.6. The molecule has 6 heteroatoms. The molecule has 2 rings (SSSR count). The van der Waals surface area contributed by atoms with Gasteiger partial charge in [-0.3, -0.25) is 9.59 Å². The number of benzene rings is 1. The number of nitrogens with zero attached hydrogens (tertiary/aromatic N) is 1. The topological polar surface area (TPSA) is 66.5 Å². The largest absolute Gasteiger partial charge is 0.357 e. The summed E-state index contributed by atoms with van der Waals surface area (Å²) in [6.07, 6.45) is 1.35. The average molecular weight is 399 g/mol. The van der Waals surface area contributed by atoms with Crippen molar-refractivity contribution < 1.29 is 14.4 Å². The molecule has 24 heavy (non-hydrogen) atoms. The molecule has 1 aliphatic rings. The number of nitrogens with one attached hydrogen (secondary N) is 1. The van der Waals surface area contributed by atoms with Crippen molar-refractivity contribution >= 4 is 34.0 Å². The SMILES string of the molecule is CC.CC.CNC(=O)C(CCC=O)N1Cc2cc(Br)ccc2C1=O. The second-order valence-electron chi connectivity index (χ2n) is 4.61. The van der Waals surface area contributed by atoms with Crippen molar-refractivity contribution in [2.45, 2.75) is 53.1 Å². The number of fused-ring (bicyclic) bond motifs is 1. The minimum Gasteiger partial charge on any atom is -0.357 e. The first-order valence-electron chi connectivity index (χ1n) is 8.33. The Bertz CT molecular complexity index is 561. The van der Waals surface area contributed by atoms with Gasteiger partial charge in [-0.15, -0.1) is 0 Å². The lowest BCUT2D eigenvalue weighted by Gasteiger charge is -2.25. The minimum atomic E-state index is -0.608. The number of hydrogen-bond acceptors (Lipinski definition) is 3. The fraction of sp³-hybridized carbons (Fsp3) is 0.500. The summed E-state index contributed by atoms with van der Waals surface area (Å²) in [7, 11) is 1.53. The lowest BCUT2D eigenvalue weighted by Crippen LogP contribution is -2.46. The molecule has 2 amide bonds. The van der Waals surface area contributed by atoms with Crippen LogP contribution in [0.25, 0.3) is 0 Å². The molecule has 5 nitrogen and oxygen atoms in total. The van der Waals surface area contributed by atoms with E-state index in [1.165, 1.54) is 11.9 Å². The van der Waals surface area contributed by atoms with Crippen molar-refractivity contribution in [3.05, 3.63) is 33.8 Å². The summed E-state index contributed by atoms with van der Waals surface area (Å²) in [5, 5.41) is 2.55. The van der Waals surface area contributed by atoms with Crippen molar-refractivity contribution in [2.24, 2.45) is 0 Å². The molecule has 1 N–H and O–H groups in total. The van der Waals surface area contributed by atoms with Gasteiger partial charge >= 0.3 is 0 Å². The van der Waals surface area contributed by atoms with Crippen LogP contribution in [0.1, 0.15) is 56.5 Å². The van der Waals surface area contributed by atoms with E-state index in [-0.39, 0.29) is 18.2 Å². The van der Waals surface area contributed by atoms with Crippen LogP contribution in [-0.4, -0.2) is 36.1 Å². The molecule has 0 spiro atoms. The van der Waals surface area contributed by atoms with Crippen molar-refractivity contribution in [2.75, 3.05) is 7.05 Å². The summed E-state index contributed by atoms with van der Waals surface area (Å²) in [4.78, 5) is 36.4.